The Hall–Kier alpha value is -0.0831. The molecule has 0 radical (unpaired) electrons. The number of sulfonamides is 2. The average molecular weight is 421 g/mol. The second-order valence-corrected chi connectivity index (χ2v) is 14.2. The predicted molar refractivity (Wildman–Crippen MR) is 99.3 cm³/mol. The molecule has 12 heteroatoms. The Labute approximate surface area is 153 Å². The van der Waals surface area contributed by atoms with Crippen molar-refractivity contribution in [1.82, 2.24) is 9.03 Å². The predicted octanol–water partition coefficient (Wildman–Crippen LogP) is 0.234. The fourth-order valence-corrected chi connectivity index (χ4v) is 7.83. The molecular formula is C13H32N2O7S2Si. The van der Waals surface area contributed by atoms with E-state index < -0.39 is 39.4 Å². The summed E-state index contributed by atoms with van der Waals surface area (Å²) in [6, 6.07) is 0. The van der Waals surface area contributed by atoms with Crippen LogP contribution >= 0.6 is 0 Å². The van der Waals surface area contributed by atoms with Crippen LogP contribution in [0.15, 0.2) is 0 Å². The minimum atomic E-state index is -3.65. The van der Waals surface area contributed by atoms with Gasteiger partial charge in [0.15, 0.2) is 0 Å². The first-order chi connectivity index (χ1) is 11.0. The highest BCUT2D eigenvalue weighted by molar-refractivity contribution is 7.89. The third kappa shape index (κ3) is 5.45. The molecule has 0 atom stereocenters. The van der Waals surface area contributed by atoms with Gasteiger partial charge in [0, 0.05) is 40.0 Å². The lowest BCUT2D eigenvalue weighted by atomic mass is 9.89. The molecule has 0 saturated heterocycles. The highest BCUT2D eigenvalue weighted by Crippen LogP contribution is 2.51. The summed E-state index contributed by atoms with van der Waals surface area (Å²) in [5.74, 6) is 0. The summed E-state index contributed by atoms with van der Waals surface area (Å²) in [6.45, 7) is 7.03. The number of rotatable bonds is 11. The number of hydrogen-bond donors (Lipinski definition) is 1. The van der Waals surface area contributed by atoms with Crippen molar-refractivity contribution >= 4 is 28.9 Å². The Morgan fingerprint density at radius 1 is 0.920 bits per heavy atom. The maximum Gasteiger partial charge on any atom is 0.508 e. The maximum absolute atomic E-state index is 12.4. The lowest BCUT2D eigenvalue weighted by Crippen LogP contribution is -2.66. The Kier molecular flexibility index (Phi) is 8.27. The molecule has 1 N–H and O–H groups in total. The molecule has 0 aliphatic rings. The monoisotopic (exact) mass is 420 g/mol. The minimum Gasteiger partial charge on any atom is -0.376 e. The summed E-state index contributed by atoms with van der Waals surface area (Å²) in [6.07, 6.45) is 2.10. The smallest absolute Gasteiger partial charge is 0.376 e. The summed E-state index contributed by atoms with van der Waals surface area (Å²) in [4.78, 5) is 0. The normalized spacial score (nSPS) is 15.0. The number of nitrogens with one attached hydrogen (secondary N) is 1. The molecule has 0 amide bonds. The molecule has 0 unspecified atom stereocenters. The Bertz CT molecular complexity index is 635. The van der Waals surface area contributed by atoms with E-state index in [1.165, 1.54) is 25.6 Å². The van der Waals surface area contributed by atoms with Crippen LogP contribution in [0, 0.1) is 0 Å². The second-order valence-electron chi connectivity index (χ2n) is 6.85. The molecule has 0 aromatic carbocycles. The first kappa shape index (κ1) is 24.9. The summed E-state index contributed by atoms with van der Waals surface area (Å²) in [7, 11) is -5.93. The van der Waals surface area contributed by atoms with Crippen molar-refractivity contribution in [2.75, 3.05) is 46.9 Å². The quantitative estimate of drug-likeness (QED) is 0.476. The summed E-state index contributed by atoms with van der Waals surface area (Å²) in [5.41, 5.74) is -0.992. The molecule has 0 fully saturated rings. The molecular weight excluding hydrogens is 388 g/mol. The first-order valence-electron chi connectivity index (χ1n) is 7.60. The average Bonchev–Trinajstić information content (AvgIpc) is 2.43. The van der Waals surface area contributed by atoms with Gasteiger partial charge in [-0.25, -0.2) is 21.6 Å². The fraction of sp³-hybridized carbons (Fsp3) is 1.00. The van der Waals surface area contributed by atoms with Gasteiger partial charge >= 0.3 is 8.80 Å². The second kappa shape index (κ2) is 8.29. The van der Waals surface area contributed by atoms with Crippen molar-refractivity contribution in [2.24, 2.45) is 0 Å². The molecule has 0 aliphatic heterocycles. The van der Waals surface area contributed by atoms with E-state index in [-0.39, 0.29) is 13.1 Å². The van der Waals surface area contributed by atoms with Gasteiger partial charge in [-0.15, -0.1) is 0 Å². The Morgan fingerprint density at radius 3 is 1.60 bits per heavy atom. The maximum atomic E-state index is 12.4. The molecule has 152 valence electrons. The zero-order valence-corrected chi connectivity index (χ0v) is 19.2. The van der Waals surface area contributed by atoms with Gasteiger partial charge in [0.2, 0.25) is 20.0 Å². The molecule has 0 spiro atoms. The van der Waals surface area contributed by atoms with Crippen molar-refractivity contribution in [2.45, 2.75) is 38.3 Å². The molecule has 0 heterocycles. The zero-order valence-electron chi connectivity index (χ0n) is 16.5. The van der Waals surface area contributed by atoms with Gasteiger partial charge in [0.1, 0.15) is 0 Å². The fourth-order valence-electron chi connectivity index (χ4n) is 2.89. The van der Waals surface area contributed by atoms with Crippen LogP contribution in [0.5, 0.6) is 0 Å². The van der Waals surface area contributed by atoms with Crippen molar-refractivity contribution < 1.29 is 30.1 Å². The van der Waals surface area contributed by atoms with E-state index in [0.29, 0.717) is 0 Å². The highest BCUT2D eigenvalue weighted by atomic mass is 32.2. The van der Waals surface area contributed by atoms with Crippen LogP contribution in [0.3, 0.4) is 0 Å². The Morgan fingerprint density at radius 2 is 1.32 bits per heavy atom. The van der Waals surface area contributed by atoms with E-state index in [1.807, 2.05) is 13.8 Å². The first-order valence-corrected chi connectivity index (χ1v) is 13.1. The standard InChI is InChI=1S/C13H32N2O7S2Si/c1-12(2,13(3,4)25(20-5,21-6)22-7)15(24(9,18)19)11-10-14-23(8,16)17/h14H,10-11H2,1-9H3. The SMILES string of the molecule is CO[Si](OC)(OC)C(C)(C)C(C)(C)N(CCNS(C)(=O)=O)S(C)(=O)=O. The zero-order chi connectivity index (χ0) is 20.3. The third-order valence-corrected chi connectivity index (χ3v) is 10.7. The molecule has 0 saturated carbocycles. The van der Waals surface area contributed by atoms with Crippen LogP contribution in [0.4, 0.5) is 0 Å². The van der Waals surface area contributed by atoms with Crippen molar-refractivity contribution in [1.29, 1.82) is 0 Å². The van der Waals surface area contributed by atoms with Gasteiger partial charge < -0.3 is 13.3 Å². The minimum absolute atomic E-state index is 0.0377. The topological polar surface area (TPSA) is 111 Å². The van der Waals surface area contributed by atoms with Gasteiger partial charge in [0.25, 0.3) is 0 Å². The molecule has 9 nitrogen and oxygen atoms in total. The van der Waals surface area contributed by atoms with E-state index in [2.05, 4.69) is 4.72 Å². The van der Waals surface area contributed by atoms with Crippen LogP contribution in [-0.4, -0.2) is 82.4 Å². The summed E-state index contributed by atoms with van der Waals surface area (Å²) in [5, 5.41) is -0.841. The summed E-state index contributed by atoms with van der Waals surface area (Å²) >= 11 is 0. The van der Waals surface area contributed by atoms with Gasteiger partial charge in [0.05, 0.1) is 17.5 Å². The van der Waals surface area contributed by atoms with E-state index in [0.717, 1.165) is 12.5 Å². The third-order valence-electron chi connectivity index (χ3n) is 4.80. The van der Waals surface area contributed by atoms with Gasteiger partial charge in [-0.2, -0.15) is 4.31 Å². The van der Waals surface area contributed by atoms with Crippen LogP contribution in [0.2, 0.25) is 5.04 Å². The summed E-state index contributed by atoms with van der Waals surface area (Å²) < 4.78 is 67.6. The van der Waals surface area contributed by atoms with E-state index in [4.69, 9.17) is 13.3 Å². The highest BCUT2D eigenvalue weighted by Gasteiger charge is 2.63. The van der Waals surface area contributed by atoms with Crippen molar-refractivity contribution in [3.63, 3.8) is 0 Å². The van der Waals surface area contributed by atoms with Crippen LogP contribution in [-0.2, 0) is 33.3 Å². The molecule has 0 aromatic heterocycles. The number of nitrogens with zero attached hydrogens (tertiary/aromatic N) is 1. The van der Waals surface area contributed by atoms with E-state index >= 15 is 0 Å². The van der Waals surface area contributed by atoms with Crippen LogP contribution < -0.4 is 4.72 Å². The lowest BCUT2D eigenvalue weighted by Gasteiger charge is -2.52. The van der Waals surface area contributed by atoms with Crippen molar-refractivity contribution in [3.8, 4) is 0 Å². The van der Waals surface area contributed by atoms with Crippen LogP contribution in [0.25, 0.3) is 0 Å². The Balaban J connectivity index is 5.97. The van der Waals surface area contributed by atoms with Gasteiger partial charge in [-0.3, -0.25) is 0 Å². The van der Waals surface area contributed by atoms with E-state index in [1.54, 1.807) is 13.8 Å². The molecule has 0 aromatic rings. The number of hydrogen-bond acceptors (Lipinski definition) is 7. The lowest BCUT2D eigenvalue weighted by molar-refractivity contribution is 0.0511. The van der Waals surface area contributed by atoms with Crippen LogP contribution in [0.1, 0.15) is 27.7 Å². The van der Waals surface area contributed by atoms with Gasteiger partial charge in [-0.05, 0) is 13.8 Å². The van der Waals surface area contributed by atoms with Gasteiger partial charge in [-0.1, -0.05) is 13.8 Å². The molecule has 25 heavy (non-hydrogen) atoms. The van der Waals surface area contributed by atoms with E-state index in [9.17, 15) is 16.8 Å². The molecule has 0 rings (SSSR count). The van der Waals surface area contributed by atoms with Crippen molar-refractivity contribution in [3.05, 3.63) is 0 Å². The molecule has 0 bridgehead atoms. The largest absolute Gasteiger partial charge is 0.508 e. The molecule has 0 aliphatic carbocycles.